The van der Waals surface area contributed by atoms with Gasteiger partial charge >= 0.3 is 7.12 Å². The standard InChI is InChI=1S/C18H24BN3O4S/c23-19-15-12-21-17-14(6-9-20-17)16(15)18(26-19)7-10-22(11-8-18)27(24,25)13-4-2-1-3-5-13/h6,9,12-13,23H,1-5,7-8,10-11H2,(H,20,21). The molecule has 7 nitrogen and oxygen atoms in total. The molecule has 0 amide bonds. The van der Waals surface area contributed by atoms with Crippen molar-refractivity contribution in [3.05, 3.63) is 24.0 Å². The Morgan fingerprint density at radius 2 is 2.00 bits per heavy atom. The van der Waals surface area contributed by atoms with E-state index >= 15 is 0 Å². The molecule has 2 aromatic rings. The van der Waals surface area contributed by atoms with Crippen LogP contribution in [-0.2, 0) is 20.3 Å². The highest BCUT2D eigenvalue weighted by Gasteiger charge is 2.51. The maximum atomic E-state index is 13.0. The summed E-state index contributed by atoms with van der Waals surface area (Å²) in [6.45, 7) is 0.860. The summed E-state index contributed by atoms with van der Waals surface area (Å²) in [5.41, 5.74) is 1.79. The minimum atomic E-state index is -3.26. The highest BCUT2D eigenvalue weighted by atomic mass is 32.2. The van der Waals surface area contributed by atoms with Gasteiger partial charge in [0.15, 0.2) is 0 Å². The minimum absolute atomic E-state index is 0.233. The lowest BCUT2D eigenvalue weighted by Gasteiger charge is -2.41. The fourth-order valence-electron chi connectivity index (χ4n) is 5.10. The summed E-state index contributed by atoms with van der Waals surface area (Å²) in [5, 5.41) is 11.1. The molecule has 0 unspecified atom stereocenters. The molecule has 1 spiro atoms. The molecule has 3 aliphatic rings. The summed E-state index contributed by atoms with van der Waals surface area (Å²) in [6, 6.07) is 1.95. The Kier molecular flexibility index (Phi) is 4.12. The number of hydrogen-bond donors (Lipinski definition) is 2. The Labute approximate surface area is 159 Å². The summed E-state index contributed by atoms with van der Waals surface area (Å²) < 4.78 is 33.8. The lowest BCUT2D eigenvalue weighted by molar-refractivity contribution is 0.0132. The van der Waals surface area contributed by atoms with Crippen LogP contribution in [-0.4, -0.2) is 53.2 Å². The Balaban J connectivity index is 1.43. The van der Waals surface area contributed by atoms with E-state index in [0.29, 0.717) is 31.4 Å². The average molecular weight is 389 g/mol. The Morgan fingerprint density at radius 3 is 2.74 bits per heavy atom. The molecule has 4 heterocycles. The molecule has 5 rings (SSSR count). The van der Waals surface area contributed by atoms with Crippen LogP contribution in [0.1, 0.15) is 50.5 Å². The Morgan fingerprint density at radius 1 is 1.26 bits per heavy atom. The number of sulfonamides is 1. The summed E-state index contributed by atoms with van der Waals surface area (Å²) in [5.74, 6) is 0. The third kappa shape index (κ3) is 2.67. The van der Waals surface area contributed by atoms with E-state index < -0.39 is 22.7 Å². The van der Waals surface area contributed by atoms with E-state index in [9.17, 15) is 13.4 Å². The zero-order chi connectivity index (χ0) is 18.6. The number of aromatic amines is 1. The van der Waals surface area contributed by atoms with Crippen molar-refractivity contribution in [1.29, 1.82) is 0 Å². The van der Waals surface area contributed by atoms with Gasteiger partial charge in [0.05, 0.1) is 10.9 Å². The van der Waals surface area contributed by atoms with Gasteiger partial charge < -0.3 is 14.7 Å². The molecule has 144 valence electrons. The minimum Gasteiger partial charge on any atom is -0.423 e. The fourth-order valence-corrected chi connectivity index (χ4v) is 7.14. The van der Waals surface area contributed by atoms with Crippen molar-refractivity contribution in [2.45, 2.75) is 55.8 Å². The Hall–Kier alpha value is -1.42. The van der Waals surface area contributed by atoms with Crippen LogP contribution in [0.2, 0.25) is 0 Å². The zero-order valence-corrected chi connectivity index (χ0v) is 16.0. The number of rotatable bonds is 2. The molecular weight excluding hydrogens is 365 g/mol. The fraction of sp³-hybridized carbons (Fsp3) is 0.611. The van der Waals surface area contributed by atoms with Crippen LogP contribution in [0.5, 0.6) is 0 Å². The third-order valence-corrected chi connectivity index (χ3v) is 8.94. The van der Waals surface area contributed by atoms with Crippen molar-refractivity contribution in [1.82, 2.24) is 14.3 Å². The summed E-state index contributed by atoms with van der Waals surface area (Å²) in [7, 11) is -4.26. The molecule has 2 fully saturated rings. The van der Waals surface area contributed by atoms with Crippen LogP contribution in [0.15, 0.2) is 18.5 Å². The van der Waals surface area contributed by atoms with Gasteiger partial charge in [0.2, 0.25) is 10.0 Å². The second-order valence-electron chi connectivity index (χ2n) is 8.00. The molecule has 2 N–H and O–H groups in total. The van der Waals surface area contributed by atoms with Gasteiger partial charge in [-0.2, -0.15) is 0 Å². The second-order valence-corrected chi connectivity index (χ2v) is 10.2. The Bertz CT molecular complexity index is 962. The van der Waals surface area contributed by atoms with Gasteiger partial charge in [-0.1, -0.05) is 19.3 Å². The number of piperidine rings is 1. The SMILES string of the molecule is O=S(=O)(C1CCCCC1)N1CCC2(CC1)OB(O)c1cnc3[nH]ccc3c12. The van der Waals surface area contributed by atoms with E-state index in [4.69, 9.17) is 4.65 Å². The van der Waals surface area contributed by atoms with Gasteiger partial charge in [-0.3, -0.25) is 0 Å². The molecule has 2 aromatic heterocycles. The normalized spacial score (nSPS) is 24.0. The molecular formula is C18H24BN3O4S. The molecule has 0 bridgehead atoms. The third-order valence-electron chi connectivity index (χ3n) is 6.54. The predicted octanol–water partition coefficient (Wildman–Crippen LogP) is 1.23. The van der Waals surface area contributed by atoms with Gasteiger partial charge in [-0.25, -0.2) is 17.7 Å². The van der Waals surface area contributed by atoms with Gasteiger partial charge in [0.1, 0.15) is 5.65 Å². The lowest BCUT2D eigenvalue weighted by atomic mass is 9.76. The molecule has 9 heteroatoms. The number of H-pyrrole nitrogens is 1. The first-order chi connectivity index (χ1) is 13.0. The number of hydrogen-bond acceptors (Lipinski definition) is 5. The number of pyridine rings is 1. The van der Waals surface area contributed by atoms with Crippen LogP contribution < -0.4 is 5.46 Å². The monoisotopic (exact) mass is 389 g/mol. The van der Waals surface area contributed by atoms with Crippen molar-refractivity contribution in [3.63, 3.8) is 0 Å². The van der Waals surface area contributed by atoms with Crippen LogP contribution >= 0.6 is 0 Å². The number of fused-ring (bicyclic) bond motifs is 4. The first-order valence-electron chi connectivity index (χ1n) is 9.83. The summed E-state index contributed by atoms with van der Waals surface area (Å²) >= 11 is 0. The van der Waals surface area contributed by atoms with Crippen molar-refractivity contribution >= 4 is 33.6 Å². The molecule has 0 aromatic carbocycles. The van der Waals surface area contributed by atoms with E-state index in [1.54, 1.807) is 10.5 Å². The molecule has 1 aliphatic carbocycles. The first-order valence-corrected chi connectivity index (χ1v) is 11.3. The summed E-state index contributed by atoms with van der Waals surface area (Å²) in [4.78, 5) is 7.46. The topological polar surface area (TPSA) is 95.5 Å². The van der Waals surface area contributed by atoms with Crippen LogP contribution in [0.3, 0.4) is 0 Å². The van der Waals surface area contributed by atoms with Crippen molar-refractivity contribution in [3.8, 4) is 0 Å². The number of nitrogens with zero attached hydrogens (tertiary/aromatic N) is 2. The largest absolute Gasteiger partial charge is 0.493 e. The van der Waals surface area contributed by atoms with Gasteiger partial charge in [0.25, 0.3) is 0 Å². The van der Waals surface area contributed by atoms with E-state index in [1.807, 2.05) is 12.3 Å². The number of nitrogens with one attached hydrogen (secondary N) is 1. The van der Waals surface area contributed by atoms with Crippen molar-refractivity contribution in [2.24, 2.45) is 0 Å². The number of aromatic nitrogens is 2. The zero-order valence-electron chi connectivity index (χ0n) is 15.2. The maximum Gasteiger partial charge on any atom is 0.493 e. The molecule has 2 aliphatic heterocycles. The molecule has 0 atom stereocenters. The maximum absolute atomic E-state index is 13.0. The highest BCUT2D eigenvalue weighted by molar-refractivity contribution is 7.89. The molecule has 27 heavy (non-hydrogen) atoms. The van der Waals surface area contributed by atoms with Crippen LogP contribution in [0, 0.1) is 0 Å². The van der Waals surface area contributed by atoms with Gasteiger partial charge in [-0.05, 0) is 37.3 Å². The van der Waals surface area contributed by atoms with Crippen molar-refractivity contribution in [2.75, 3.05) is 13.1 Å². The van der Waals surface area contributed by atoms with E-state index in [0.717, 1.165) is 48.7 Å². The average Bonchev–Trinajstić information content (AvgIpc) is 3.26. The van der Waals surface area contributed by atoms with Crippen molar-refractivity contribution < 1.29 is 18.1 Å². The highest BCUT2D eigenvalue weighted by Crippen LogP contribution is 2.43. The predicted molar refractivity (Wildman–Crippen MR) is 103 cm³/mol. The molecule has 1 saturated heterocycles. The quantitative estimate of drug-likeness (QED) is 0.754. The molecule has 1 saturated carbocycles. The van der Waals surface area contributed by atoms with Gasteiger partial charge in [-0.15, -0.1) is 0 Å². The smallest absolute Gasteiger partial charge is 0.423 e. The molecule has 0 radical (unpaired) electrons. The van der Waals surface area contributed by atoms with E-state index in [1.165, 1.54) is 0 Å². The second kappa shape index (κ2) is 6.30. The van der Waals surface area contributed by atoms with Gasteiger partial charge in [0, 0.05) is 36.3 Å². The van der Waals surface area contributed by atoms with E-state index in [-0.39, 0.29) is 5.25 Å². The van der Waals surface area contributed by atoms with Crippen LogP contribution in [0.25, 0.3) is 11.0 Å². The van der Waals surface area contributed by atoms with E-state index in [2.05, 4.69) is 9.97 Å². The first kappa shape index (κ1) is 17.7. The van der Waals surface area contributed by atoms with Crippen LogP contribution in [0.4, 0.5) is 0 Å². The lowest BCUT2D eigenvalue weighted by Crippen LogP contribution is -2.48. The summed E-state index contributed by atoms with van der Waals surface area (Å²) in [6.07, 6.45) is 9.29.